The molecule has 25 heavy (non-hydrogen) atoms. The van der Waals surface area contributed by atoms with Crippen molar-refractivity contribution in [1.29, 1.82) is 0 Å². The van der Waals surface area contributed by atoms with E-state index in [1.165, 1.54) is 0 Å². The number of aryl methyl sites for hydroxylation is 1. The Morgan fingerprint density at radius 1 is 1.12 bits per heavy atom. The first-order valence-corrected chi connectivity index (χ1v) is 8.65. The van der Waals surface area contributed by atoms with Gasteiger partial charge in [-0.15, -0.1) is 0 Å². The normalized spacial score (nSPS) is 11.0. The van der Waals surface area contributed by atoms with Gasteiger partial charge in [0.2, 0.25) is 5.91 Å². The lowest BCUT2D eigenvalue weighted by Crippen LogP contribution is -2.34. The van der Waals surface area contributed by atoms with Crippen molar-refractivity contribution in [1.82, 2.24) is 9.55 Å². The number of likely N-dealkylation sites (N-methyl/N-ethyl adjacent to an activating group) is 1. The number of rotatable bonds is 7. The molecule has 0 aliphatic heterocycles. The van der Waals surface area contributed by atoms with Crippen molar-refractivity contribution in [2.75, 3.05) is 18.1 Å². The highest BCUT2D eigenvalue weighted by Crippen LogP contribution is 2.19. The molecule has 3 aromatic rings. The number of anilines is 1. The molecule has 0 unspecified atom stereocenters. The summed E-state index contributed by atoms with van der Waals surface area (Å²) in [6.07, 6.45) is 1.28. The molecule has 0 saturated carbocycles. The van der Waals surface area contributed by atoms with Crippen molar-refractivity contribution < 1.29 is 9.90 Å². The van der Waals surface area contributed by atoms with E-state index in [1.54, 1.807) is 4.90 Å². The Morgan fingerprint density at radius 3 is 2.56 bits per heavy atom. The largest absolute Gasteiger partial charge is 0.396 e. The fourth-order valence-corrected chi connectivity index (χ4v) is 3.06. The highest BCUT2D eigenvalue weighted by atomic mass is 16.3. The van der Waals surface area contributed by atoms with E-state index in [1.807, 2.05) is 66.1 Å². The zero-order valence-corrected chi connectivity index (χ0v) is 14.4. The number of amides is 1. The summed E-state index contributed by atoms with van der Waals surface area (Å²) in [6, 6.07) is 17.5. The lowest BCUT2D eigenvalue weighted by Gasteiger charge is -2.22. The summed E-state index contributed by atoms with van der Waals surface area (Å²) in [7, 11) is 0. The van der Waals surface area contributed by atoms with Crippen LogP contribution in [0.5, 0.6) is 0 Å². The third-order valence-corrected chi connectivity index (χ3v) is 4.27. The van der Waals surface area contributed by atoms with Crippen LogP contribution in [0.15, 0.2) is 54.6 Å². The summed E-state index contributed by atoms with van der Waals surface area (Å²) in [6.45, 7) is 2.94. The Balaban J connectivity index is 1.91. The quantitative estimate of drug-likeness (QED) is 0.721. The van der Waals surface area contributed by atoms with Crippen LogP contribution in [0.3, 0.4) is 0 Å². The van der Waals surface area contributed by atoms with Crippen LogP contribution in [0.4, 0.5) is 5.69 Å². The Labute approximate surface area is 147 Å². The van der Waals surface area contributed by atoms with Gasteiger partial charge in [-0.3, -0.25) is 4.79 Å². The van der Waals surface area contributed by atoms with Crippen molar-refractivity contribution in [2.24, 2.45) is 0 Å². The van der Waals surface area contributed by atoms with E-state index in [2.05, 4.69) is 4.98 Å². The molecule has 0 aliphatic rings. The number of aromatic nitrogens is 2. The van der Waals surface area contributed by atoms with Gasteiger partial charge in [0.25, 0.3) is 0 Å². The van der Waals surface area contributed by atoms with Gasteiger partial charge < -0.3 is 14.6 Å². The summed E-state index contributed by atoms with van der Waals surface area (Å²) in [4.78, 5) is 19.4. The second-order valence-electron chi connectivity index (χ2n) is 5.90. The number of hydrogen-bond acceptors (Lipinski definition) is 3. The van der Waals surface area contributed by atoms with Crippen molar-refractivity contribution in [3.05, 3.63) is 60.4 Å². The van der Waals surface area contributed by atoms with E-state index in [9.17, 15) is 4.79 Å². The average Bonchev–Trinajstić information content (AvgIpc) is 2.99. The average molecular weight is 337 g/mol. The molecule has 5 heteroatoms. The van der Waals surface area contributed by atoms with E-state index in [-0.39, 0.29) is 19.1 Å². The molecular formula is C20H23N3O2. The lowest BCUT2D eigenvalue weighted by molar-refractivity contribution is -0.119. The summed E-state index contributed by atoms with van der Waals surface area (Å²) in [5.41, 5.74) is 2.73. The van der Waals surface area contributed by atoms with Crippen molar-refractivity contribution in [2.45, 2.75) is 26.3 Å². The van der Waals surface area contributed by atoms with E-state index in [4.69, 9.17) is 5.11 Å². The fourth-order valence-electron chi connectivity index (χ4n) is 3.06. The molecule has 1 heterocycles. The molecule has 2 aromatic carbocycles. The molecule has 0 saturated heterocycles. The standard InChI is InChI=1S/C20H23N3O2/c1-2-22(16-9-4-3-5-10-16)20(25)15-23-18-12-7-6-11-17(18)21-19(23)13-8-14-24/h3-7,9-12,24H,2,8,13-15H2,1H3. The molecule has 5 nitrogen and oxygen atoms in total. The third-order valence-electron chi connectivity index (χ3n) is 4.27. The maximum Gasteiger partial charge on any atom is 0.246 e. The van der Waals surface area contributed by atoms with Gasteiger partial charge in [0, 0.05) is 25.3 Å². The predicted molar refractivity (Wildman–Crippen MR) is 99.6 cm³/mol. The minimum absolute atomic E-state index is 0.0297. The second-order valence-corrected chi connectivity index (χ2v) is 5.90. The first-order chi connectivity index (χ1) is 12.2. The van der Waals surface area contributed by atoms with E-state index in [0.717, 1.165) is 22.5 Å². The molecule has 0 atom stereocenters. The minimum atomic E-state index is 0.0297. The Morgan fingerprint density at radius 2 is 1.84 bits per heavy atom. The Hall–Kier alpha value is -2.66. The SMILES string of the molecule is CCN(C(=O)Cn1c(CCCO)nc2ccccc21)c1ccccc1. The highest BCUT2D eigenvalue weighted by Gasteiger charge is 2.18. The highest BCUT2D eigenvalue weighted by molar-refractivity contribution is 5.94. The van der Waals surface area contributed by atoms with E-state index >= 15 is 0 Å². The number of imidazole rings is 1. The van der Waals surface area contributed by atoms with Gasteiger partial charge in [0.15, 0.2) is 0 Å². The van der Waals surface area contributed by atoms with Crippen molar-refractivity contribution in [3.8, 4) is 0 Å². The number of carbonyl (C=O) groups is 1. The molecule has 0 fully saturated rings. The van der Waals surface area contributed by atoms with Gasteiger partial charge in [0.05, 0.1) is 11.0 Å². The number of aliphatic hydroxyl groups excluding tert-OH is 1. The number of aliphatic hydroxyl groups is 1. The zero-order valence-electron chi connectivity index (χ0n) is 14.4. The van der Waals surface area contributed by atoms with Crippen LogP contribution in [-0.2, 0) is 17.8 Å². The topological polar surface area (TPSA) is 58.4 Å². The fraction of sp³-hybridized carbons (Fsp3) is 0.300. The van der Waals surface area contributed by atoms with Gasteiger partial charge in [-0.2, -0.15) is 0 Å². The molecule has 0 spiro atoms. The van der Waals surface area contributed by atoms with Gasteiger partial charge in [-0.05, 0) is 37.6 Å². The molecule has 130 valence electrons. The Bertz CT molecular complexity index is 843. The predicted octanol–water partition coefficient (Wildman–Crippen LogP) is 3.01. The molecular weight excluding hydrogens is 314 g/mol. The first kappa shape index (κ1) is 17.2. The van der Waals surface area contributed by atoms with Gasteiger partial charge >= 0.3 is 0 Å². The number of carbonyl (C=O) groups excluding carboxylic acids is 1. The van der Waals surface area contributed by atoms with Gasteiger partial charge in [-0.25, -0.2) is 4.98 Å². The van der Waals surface area contributed by atoms with Crippen LogP contribution in [0.1, 0.15) is 19.2 Å². The van der Waals surface area contributed by atoms with Crippen molar-refractivity contribution in [3.63, 3.8) is 0 Å². The summed E-state index contributed by atoms with van der Waals surface area (Å²) >= 11 is 0. The zero-order chi connectivity index (χ0) is 17.6. The summed E-state index contributed by atoms with van der Waals surface area (Å²) in [5, 5.41) is 9.14. The third kappa shape index (κ3) is 3.72. The maximum atomic E-state index is 12.9. The lowest BCUT2D eigenvalue weighted by atomic mass is 10.2. The van der Waals surface area contributed by atoms with Gasteiger partial charge in [0.1, 0.15) is 12.4 Å². The number of fused-ring (bicyclic) bond motifs is 1. The molecule has 3 rings (SSSR count). The smallest absolute Gasteiger partial charge is 0.246 e. The monoisotopic (exact) mass is 337 g/mol. The molecule has 0 bridgehead atoms. The second kappa shape index (κ2) is 7.94. The summed E-state index contributed by atoms with van der Waals surface area (Å²) in [5.74, 6) is 0.870. The van der Waals surface area contributed by atoms with Crippen LogP contribution in [0.25, 0.3) is 11.0 Å². The molecule has 1 aromatic heterocycles. The number of hydrogen-bond donors (Lipinski definition) is 1. The van der Waals surface area contributed by atoms with Crippen LogP contribution in [0.2, 0.25) is 0 Å². The van der Waals surface area contributed by atoms with E-state index in [0.29, 0.717) is 19.4 Å². The van der Waals surface area contributed by atoms with Gasteiger partial charge in [-0.1, -0.05) is 30.3 Å². The first-order valence-electron chi connectivity index (χ1n) is 8.65. The van der Waals surface area contributed by atoms with Crippen LogP contribution in [-0.4, -0.2) is 33.7 Å². The van der Waals surface area contributed by atoms with Crippen LogP contribution < -0.4 is 4.90 Å². The maximum absolute atomic E-state index is 12.9. The minimum Gasteiger partial charge on any atom is -0.396 e. The summed E-state index contributed by atoms with van der Waals surface area (Å²) < 4.78 is 1.97. The molecule has 0 aliphatic carbocycles. The van der Waals surface area contributed by atoms with Crippen molar-refractivity contribution >= 4 is 22.6 Å². The number of nitrogens with zero attached hydrogens (tertiary/aromatic N) is 3. The van der Waals surface area contributed by atoms with E-state index < -0.39 is 0 Å². The van der Waals surface area contributed by atoms with Crippen LogP contribution >= 0.6 is 0 Å². The molecule has 1 amide bonds. The number of benzene rings is 2. The number of para-hydroxylation sites is 3. The molecule has 1 N–H and O–H groups in total. The van der Waals surface area contributed by atoms with Crippen LogP contribution in [0, 0.1) is 0 Å². The Kier molecular flexibility index (Phi) is 5.46. The molecule has 0 radical (unpaired) electrons.